The van der Waals surface area contributed by atoms with E-state index in [1.165, 1.54) is 16.7 Å². The number of para-hydroxylation sites is 3. The van der Waals surface area contributed by atoms with Crippen molar-refractivity contribution in [2.24, 2.45) is 0 Å². The Morgan fingerprint density at radius 2 is 1.94 bits per heavy atom. The van der Waals surface area contributed by atoms with Crippen molar-refractivity contribution in [3.8, 4) is 17.2 Å². The lowest BCUT2D eigenvalue weighted by Gasteiger charge is -2.30. The third kappa shape index (κ3) is 5.22. The van der Waals surface area contributed by atoms with Gasteiger partial charge in [0, 0.05) is 4.90 Å². The molecule has 9 heteroatoms. The minimum atomic E-state index is -0.312. The number of nitrogens with zero attached hydrogens (tertiary/aromatic N) is 1. The molecular weight excluding hydrogens is 544 g/mol. The predicted molar refractivity (Wildman–Crippen MR) is 143 cm³/mol. The summed E-state index contributed by atoms with van der Waals surface area (Å²) in [6.45, 7) is 0.502. The molecule has 0 unspecified atom stereocenters. The van der Waals surface area contributed by atoms with Gasteiger partial charge in [-0.2, -0.15) is 0 Å². The minimum absolute atomic E-state index is 0.107. The smallest absolute Gasteiger partial charge is 0.265 e. The molecule has 36 heavy (non-hydrogen) atoms. The van der Waals surface area contributed by atoms with Crippen molar-refractivity contribution >= 4 is 51.3 Å². The van der Waals surface area contributed by atoms with Crippen LogP contribution in [0.4, 0.5) is 5.69 Å². The van der Waals surface area contributed by atoms with Crippen LogP contribution in [0.25, 0.3) is 6.08 Å². The molecule has 3 aromatic rings. The monoisotopic (exact) mass is 566 g/mol. The van der Waals surface area contributed by atoms with Gasteiger partial charge in [-0.1, -0.05) is 42.1 Å². The van der Waals surface area contributed by atoms with Gasteiger partial charge in [0.2, 0.25) is 5.91 Å². The number of amides is 2. The number of methoxy groups -OCH3 is 1. The molecule has 0 aromatic heterocycles. The number of halogens is 1. The van der Waals surface area contributed by atoms with E-state index in [9.17, 15) is 9.59 Å². The number of nitrogens with one attached hydrogen (secondary N) is 1. The lowest BCUT2D eigenvalue weighted by Crippen LogP contribution is -2.46. The summed E-state index contributed by atoms with van der Waals surface area (Å²) in [5.41, 5.74) is 1.55. The van der Waals surface area contributed by atoms with Gasteiger partial charge in [-0.05, 0) is 64.0 Å². The van der Waals surface area contributed by atoms with Crippen LogP contribution < -0.4 is 24.4 Å². The first-order chi connectivity index (χ1) is 17.5. The first-order valence-corrected chi connectivity index (χ1v) is 12.9. The van der Waals surface area contributed by atoms with Gasteiger partial charge in [0.25, 0.3) is 5.91 Å². The molecule has 7 nitrogen and oxygen atoms in total. The highest BCUT2D eigenvalue weighted by atomic mass is 79.9. The summed E-state index contributed by atoms with van der Waals surface area (Å²) in [6, 6.07) is 20.6. The van der Waals surface area contributed by atoms with Crippen LogP contribution >= 0.6 is 27.7 Å². The zero-order valence-corrected chi connectivity index (χ0v) is 21.8. The Balaban J connectivity index is 1.30. The van der Waals surface area contributed by atoms with Gasteiger partial charge in [-0.25, -0.2) is 0 Å². The topological polar surface area (TPSA) is 77.1 Å². The number of thioether (sulfide) groups is 1. The number of anilines is 1. The summed E-state index contributed by atoms with van der Waals surface area (Å²) < 4.78 is 17.7. The van der Waals surface area contributed by atoms with Crippen LogP contribution in [0, 0.1) is 0 Å². The van der Waals surface area contributed by atoms with Gasteiger partial charge >= 0.3 is 0 Å². The predicted octanol–water partition coefficient (Wildman–Crippen LogP) is 4.89. The highest BCUT2D eigenvalue weighted by molar-refractivity contribution is 9.10. The summed E-state index contributed by atoms with van der Waals surface area (Å²) >= 11 is 4.88. The van der Waals surface area contributed by atoms with E-state index in [-0.39, 0.29) is 31.0 Å². The fourth-order valence-corrected chi connectivity index (χ4v) is 5.55. The maximum Gasteiger partial charge on any atom is 0.265 e. The van der Waals surface area contributed by atoms with E-state index in [0.717, 1.165) is 14.9 Å². The van der Waals surface area contributed by atoms with Crippen molar-refractivity contribution in [2.75, 3.05) is 31.7 Å². The molecule has 2 aliphatic rings. The van der Waals surface area contributed by atoms with Gasteiger partial charge in [-0.15, -0.1) is 0 Å². The van der Waals surface area contributed by atoms with E-state index in [1.54, 1.807) is 7.11 Å². The van der Waals surface area contributed by atoms with E-state index in [2.05, 4.69) is 21.2 Å². The summed E-state index contributed by atoms with van der Waals surface area (Å²) in [6.07, 6.45) is 1.51. The molecule has 0 fully saturated rings. The van der Waals surface area contributed by atoms with Crippen molar-refractivity contribution in [2.45, 2.75) is 11.0 Å². The average Bonchev–Trinajstić information content (AvgIpc) is 2.90. The summed E-state index contributed by atoms with van der Waals surface area (Å²) in [5.74, 6) is 1.54. The number of fused-ring (bicyclic) bond motifs is 2. The summed E-state index contributed by atoms with van der Waals surface area (Å²) in [4.78, 5) is 29.3. The van der Waals surface area contributed by atoms with E-state index < -0.39 is 0 Å². The second-order valence-corrected chi connectivity index (χ2v) is 10.1. The molecule has 0 saturated carbocycles. The van der Waals surface area contributed by atoms with E-state index in [0.29, 0.717) is 34.4 Å². The molecule has 0 radical (unpaired) electrons. The number of carbonyl (C=O) groups excluding carboxylic acids is 2. The second kappa shape index (κ2) is 10.7. The number of carbonyl (C=O) groups is 2. The molecule has 2 amide bonds. The largest absolute Gasteiger partial charge is 0.496 e. The number of rotatable bonds is 6. The van der Waals surface area contributed by atoms with Crippen molar-refractivity contribution in [1.29, 1.82) is 0 Å². The molecule has 2 aliphatic heterocycles. The van der Waals surface area contributed by atoms with Gasteiger partial charge in [-0.3, -0.25) is 14.5 Å². The van der Waals surface area contributed by atoms with Crippen LogP contribution in [0.15, 0.2) is 81.0 Å². The van der Waals surface area contributed by atoms with Crippen LogP contribution in [0.1, 0.15) is 5.56 Å². The number of ether oxygens (including phenoxy) is 3. The highest BCUT2D eigenvalue weighted by Crippen LogP contribution is 2.42. The van der Waals surface area contributed by atoms with Crippen molar-refractivity contribution in [3.05, 3.63) is 81.7 Å². The van der Waals surface area contributed by atoms with Crippen LogP contribution in [0.5, 0.6) is 17.2 Å². The van der Waals surface area contributed by atoms with E-state index >= 15 is 0 Å². The molecule has 0 aliphatic carbocycles. The molecule has 1 atom stereocenters. The number of hydrogen-bond acceptors (Lipinski definition) is 6. The Kier molecular flexibility index (Phi) is 7.20. The second-order valence-electron chi connectivity index (χ2n) is 8.17. The molecule has 0 spiro atoms. The molecule has 5 rings (SSSR count). The van der Waals surface area contributed by atoms with Crippen molar-refractivity contribution in [1.82, 2.24) is 5.32 Å². The Morgan fingerprint density at radius 1 is 1.17 bits per heavy atom. The van der Waals surface area contributed by atoms with Crippen molar-refractivity contribution < 1.29 is 23.8 Å². The molecule has 0 saturated heterocycles. The maximum atomic E-state index is 13.5. The molecule has 0 bridgehead atoms. The fourth-order valence-electron chi connectivity index (χ4n) is 3.93. The summed E-state index contributed by atoms with van der Waals surface area (Å²) in [7, 11) is 1.60. The average molecular weight is 567 g/mol. The summed E-state index contributed by atoms with van der Waals surface area (Å²) in [5, 5.41) is 2.88. The molecule has 184 valence electrons. The molecule has 2 heterocycles. The van der Waals surface area contributed by atoms with Gasteiger partial charge < -0.3 is 19.5 Å². The Bertz CT molecular complexity index is 1350. The zero-order chi connectivity index (χ0) is 25.1. The van der Waals surface area contributed by atoms with E-state index in [4.69, 9.17) is 14.2 Å². The van der Waals surface area contributed by atoms with Gasteiger partial charge in [0.15, 0.2) is 11.5 Å². The lowest BCUT2D eigenvalue weighted by atomic mass is 10.2. The van der Waals surface area contributed by atoms with E-state index in [1.807, 2.05) is 72.8 Å². The SMILES string of the molecule is COc1ccc(/C=C2/Sc3ccccc3N(CC(=O)NC[C@@H]3COc4ccccc4O3)C2=O)cc1Br. The molecular formula is C27H23BrN2O5S. The van der Waals surface area contributed by atoms with Crippen LogP contribution in [-0.2, 0) is 9.59 Å². The standard InChI is InChI=1S/C27H23BrN2O5S/c1-33-21-11-10-17(12-19(21)28)13-25-27(32)30(20-6-2-5-9-24(20)36-25)15-26(31)29-14-18-16-34-22-7-3-4-8-23(22)35-18/h2-13,18H,14-16H2,1H3,(H,29,31)/b25-13+/t18-/m1/s1. The third-order valence-electron chi connectivity index (χ3n) is 5.70. The van der Waals surface area contributed by atoms with Crippen molar-refractivity contribution in [3.63, 3.8) is 0 Å². The first-order valence-electron chi connectivity index (χ1n) is 11.3. The van der Waals surface area contributed by atoms with Gasteiger partial charge in [0.05, 0.1) is 28.7 Å². The Labute approximate surface area is 221 Å². The normalized spacial score (nSPS) is 17.5. The van der Waals surface area contributed by atoms with Crippen LogP contribution in [0.3, 0.4) is 0 Å². The zero-order valence-electron chi connectivity index (χ0n) is 19.4. The Morgan fingerprint density at radius 3 is 2.75 bits per heavy atom. The number of benzene rings is 3. The maximum absolute atomic E-state index is 13.5. The quantitative estimate of drug-likeness (QED) is 0.428. The number of hydrogen-bond donors (Lipinski definition) is 1. The molecule has 1 N–H and O–H groups in total. The lowest BCUT2D eigenvalue weighted by molar-refractivity contribution is -0.122. The fraction of sp³-hybridized carbons (Fsp3) is 0.185. The third-order valence-corrected chi connectivity index (χ3v) is 7.40. The minimum Gasteiger partial charge on any atom is -0.496 e. The Hall–Kier alpha value is -3.43. The van der Waals surface area contributed by atoms with Crippen LogP contribution in [0.2, 0.25) is 0 Å². The molecule has 3 aromatic carbocycles. The first kappa shape index (κ1) is 24.3. The van der Waals surface area contributed by atoms with Gasteiger partial charge in [0.1, 0.15) is 25.0 Å². The highest BCUT2D eigenvalue weighted by Gasteiger charge is 2.31. The van der Waals surface area contributed by atoms with Crippen LogP contribution in [-0.4, -0.2) is 44.7 Å².